The third-order valence-electron chi connectivity index (χ3n) is 4.73. The highest BCUT2D eigenvalue weighted by atomic mass is 16.6. The fourth-order valence-corrected chi connectivity index (χ4v) is 2.84. The van der Waals surface area contributed by atoms with Crippen LogP contribution in [-0.2, 0) is 14.3 Å². The highest BCUT2D eigenvalue weighted by molar-refractivity contribution is 5.98. The zero-order valence-electron chi connectivity index (χ0n) is 16.5. The van der Waals surface area contributed by atoms with Crippen molar-refractivity contribution >= 4 is 17.8 Å². The average Bonchev–Trinajstić information content (AvgIpc) is 3.34. The lowest BCUT2D eigenvalue weighted by molar-refractivity contribution is -0.121. The van der Waals surface area contributed by atoms with Crippen molar-refractivity contribution in [1.29, 1.82) is 0 Å². The maximum Gasteiger partial charge on any atom is 0.340 e. The molecule has 4 atom stereocenters. The fraction of sp³-hybridized carbons (Fsp3) is 0.364. The van der Waals surface area contributed by atoms with E-state index in [1.54, 1.807) is 50.5 Å². The number of carboxylic acid groups (broad SMARTS) is 1. The number of ether oxygens (including phenoxy) is 2. The van der Waals surface area contributed by atoms with Crippen LogP contribution in [0.25, 0.3) is 6.08 Å². The van der Waals surface area contributed by atoms with Crippen LogP contribution in [0, 0.1) is 5.92 Å². The van der Waals surface area contributed by atoms with Gasteiger partial charge in [-0.25, -0.2) is 4.79 Å². The van der Waals surface area contributed by atoms with E-state index >= 15 is 0 Å². The van der Waals surface area contributed by atoms with E-state index in [9.17, 15) is 19.8 Å². The largest absolute Gasteiger partial charge is 0.507 e. The van der Waals surface area contributed by atoms with Gasteiger partial charge in [-0.1, -0.05) is 36.4 Å². The smallest absolute Gasteiger partial charge is 0.340 e. The van der Waals surface area contributed by atoms with Gasteiger partial charge in [0.1, 0.15) is 17.4 Å². The SMILES string of the molecule is CO[C@@H](C)[C@H](/C=C/C=C/c1cccc(O)c1C(=O)O)C(=O)/C(C)=C/C1OC1C. The van der Waals surface area contributed by atoms with E-state index in [-0.39, 0.29) is 35.4 Å². The van der Waals surface area contributed by atoms with Gasteiger partial charge in [0.05, 0.1) is 18.1 Å². The Morgan fingerprint density at radius 2 is 1.96 bits per heavy atom. The van der Waals surface area contributed by atoms with Gasteiger partial charge in [-0.2, -0.15) is 0 Å². The number of phenols is 1. The molecule has 0 aliphatic carbocycles. The first-order valence-electron chi connectivity index (χ1n) is 9.07. The molecule has 2 unspecified atom stereocenters. The molecule has 1 aromatic carbocycles. The van der Waals surface area contributed by atoms with Gasteiger partial charge in [-0.05, 0) is 44.1 Å². The predicted molar refractivity (Wildman–Crippen MR) is 106 cm³/mol. The van der Waals surface area contributed by atoms with Crippen LogP contribution in [0.4, 0.5) is 0 Å². The number of epoxide rings is 1. The minimum atomic E-state index is -1.21. The normalized spacial score (nSPS) is 21.8. The molecule has 2 rings (SSSR count). The number of allylic oxidation sites excluding steroid dienone is 3. The van der Waals surface area contributed by atoms with Gasteiger partial charge in [0.2, 0.25) is 0 Å². The van der Waals surface area contributed by atoms with Gasteiger partial charge < -0.3 is 19.7 Å². The number of hydrogen-bond donors (Lipinski definition) is 2. The molecule has 1 aliphatic heterocycles. The first kappa shape index (κ1) is 21.6. The minimum Gasteiger partial charge on any atom is -0.507 e. The number of carbonyl (C=O) groups excluding carboxylic acids is 1. The highest BCUT2D eigenvalue weighted by Crippen LogP contribution is 2.25. The summed E-state index contributed by atoms with van der Waals surface area (Å²) in [5.41, 5.74) is 0.830. The summed E-state index contributed by atoms with van der Waals surface area (Å²) in [6.45, 7) is 5.53. The lowest BCUT2D eigenvalue weighted by Gasteiger charge is -2.18. The van der Waals surface area contributed by atoms with E-state index in [2.05, 4.69) is 0 Å². The van der Waals surface area contributed by atoms with Gasteiger partial charge in [0.15, 0.2) is 5.78 Å². The molecule has 0 radical (unpaired) electrons. The Bertz CT molecular complexity index is 820. The first-order chi connectivity index (χ1) is 13.3. The highest BCUT2D eigenvalue weighted by Gasteiger charge is 2.33. The number of methoxy groups -OCH3 is 1. The van der Waals surface area contributed by atoms with Gasteiger partial charge in [0, 0.05) is 7.11 Å². The van der Waals surface area contributed by atoms with Crippen LogP contribution in [0.5, 0.6) is 5.75 Å². The average molecular weight is 386 g/mol. The number of aromatic carboxylic acids is 1. The topological polar surface area (TPSA) is 96.4 Å². The van der Waals surface area contributed by atoms with E-state index in [1.807, 2.05) is 19.9 Å². The molecule has 1 aliphatic rings. The van der Waals surface area contributed by atoms with Gasteiger partial charge >= 0.3 is 5.97 Å². The van der Waals surface area contributed by atoms with Crippen LogP contribution in [0.1, 0.15) is 36.7 Å². The number of ketones is 1. The lowest BCUT2D eigenvalue weighted by Crippen LogP contribution is -2.26. The summed E-state index contributed by atoms with van der Waals surface area (Å²) < 4.78 is 10.7. The molecule has 0 saturated carbocycles. The lowest BCUT2D eigenvalue weighted by atomic mass is 9.92. The molecule has 1 saturated heterocycles. The van der Waals surface area contributed by atoms with Crippen molar-refractivity contribution in [3.05, 3.63) is 59.2 Å². The summed E-state index contributed by atoms with van der Waals surface area (Å²) in [4.78, 5) is 24.1. The first-order valence-corrected chi connectivity index (χ1v) is 9.07. The molecule has 0 aromatic heterocycles. The number of carboxylic acids is 1. The molecule has 1 aromatic rings. The molecule has 6 nitrogen and oxygen atoms in total. The molecule has 1 heterocycles. The van der Waals surface area contributed by atoms with Crippen LogP contribution >= 0.6 is 0 Å². The second kappa shape index (κ2) is 9.48. The van der Waals surface area contributed by atoms with E-state index in [4.69, 9.17) is 9.47 Å². The predicted octanol–water partition coefficient (Wildman–Crippen LogP) is 3.61. The van der Waals surface area contributed by atoms with E-state index < -0.39 is 11.9 Å². The number of rotatable bonds is 9. The fourth-order valence-electron chi connectivity index (χ4n) is 2.84. The van der Waals surface area contributed by atoms with Crippen LogP contribution in [0.3, 0.4) is 0 Å². The van der Waals surface area contributed by atoms with E-state index in [0.29, 0.717) is 11.1 Å². The van der Waals surface area contributed by atoms with Crippen molar-refractivity contribution in [2.75, 3.05) is 7.11 Å². The Morgan fingerprint density at radius 1 is 1.29 bits per heavy atom. The number of Topliss-reactive ketones (excluding diaryl/α,β-unsaturated/α-hetero) is 1. The molecule has 28 heavy (non-hydrogen) atoms. The monoisotopic (exact) mass is 386 g/mol. The van der Waals surface area contributed by atoms with Crippen molar-refractivity contribution in [3.8, 4) is 5.75 Å². The Balaban J connectivity index is 2.17. The van der Waals surface area contributed by atoms with E-state index in [1.165, 1.54) is 6.07 Å². The Kier molecular flexibility index (Phi) is 7.31. The zero-order chi connectivity index (χ0) is 20.8. The summed E-state index contributed by atoms with van der Waals surface area (Å²) in [5, 5.41) is 19.0. The van der Waals surface area contributed by atoms with E-state index in [0.717, 1.165) is 0 Å². The molecular formula is C22H26O6. The van der Waals surface area contributed by atoms with Gasteiger partial charge in [0.25, 0.3) is 0 Å². The Morgan fingerprint density at radius 3 is 2.54 bits per heavy atom. The summed E-state index contributed by atoms with van der Waals surface area (Å²) >= 11 is 0. The second-order valence-electron chi connectivity index (χ2n) is 6.78. The summed E-state index contributed by atoms with van der Waals surface area (Å²) in [5.74, 6) is -2.04. The molecule has 1 fully saturated rings. The van der Waals surface area contributed by atoms with Crippen LogP contribution in [0.2, 0.25) is 0 Å². The third-order valence-corrected chi connectivity index (χ3v) is 4.73. The molecular weight excluding hydrogens is 360 g/mol. The minimum absolute atomic E-state index is 0.00785. The Hall–Kier alpha value is -2.70. The maximum absolute atomic E-state index is 12.8. The summed E-state index contributed by atoms with van der Waals surface area (Å²) in [7, 11) is 1.55. The maximum atomic E-state index is 12.8. The number of aromatic hydroxyl groups is 1. The van der Waals surface area contributed by atoms with Crippen molar-refractivity contribution in [1.82, 2.24) is 0 Å². The van der Waals surface area contributed by atoms with Crippen molar-refractivity contribution < 1.29 is 29.3 Å². The summed E-state index contributed by atoms with van der Waals surface area (Å²) in [6, 6.07) is 4.49. The van der Waals surface area contributed by atoms with Crippen molar-refractivity contribution in [2.45, 2.75) is 39.1 Å². The van der Waals surface area contributed by atoms with Crippen molar-refractivity contribution in [3.63, 3.8) is 0 Å². The third kappa shape index (κ3) is 5.41. The second-order valence-corrected chi connectivity index (χ2v) is 6.78. The Labute approximate surface area is 164 Å². The number of carbonyl (C=O) groups is 2. The van der Waals surface area contributed by atoms with Crippen LogP contribution in [0.15, 0.2) is 48.1 Å². The molecule has 0 amide bonds. The molecule has 0 spiro atoms. The van der Waals surface area contributed by atoms with Crippen LogP contribution < -0.4 is 0 Å². The molecule has 150 valence electrons. The van der Waals surface area contributed by atoms with Gasteiger partial charge in [-0.15, -0.1) is 0 Å². The zero-order valence-corrected chi connectivity index (χ0v) is 16.5. The number of benzene rings is 1. The summed E-state index contributed by atoms with van der Waals surface area (Å²) in [6.07, 6.45) is 8.25. The molecule has 6 heteroatoms. The quantitative estimate of drug-likeness (QED) is 0.382. The number of hydrogen-bond acceptors (Lipinski definition) is 5. The standard InChI is InChI=1S/C22H26O6/c1-13(12-19-15(3)28-19)21(24)17(14(2)27-4)10-6-5-8-16-9-7-11-18(23)20(16)22(25)26/h5-12,14-15,17,19,23H,1-4H3,(H,25,26)/b8-5+,10-6+,13-12+/t14-,15?,17-,19?/m0/s1. The van der Waals surface area contributed by atoms with Crippen molar-refractivity contribution in [2.24, 2.45) is 5.92 Å². The van der Waals surface area contributed by atoms with Crippen LogP contribution in [-0.4, -0.2) is 47.4 Å². The van der Waals surface area contributed by atoms with Gasteiger partial charge in [-0.3, -0.25) is 4.79 Å². The molecule has 0 bridgehead atoms. The molecule has 2 N–H and O–H groups in total.